The van der Waals surface area contributed by atoms with E-state index < -0.39 is 0 Å². The smallest absolute Gasteiger partial charge is 0.259 e. The van der Waals surface area contributed by atoms with Crippen molar-refractivity contribution in [2.24, 2.45) is 5.92 Å². The first-order valence-electron chi connectivity index (χ1n) is 9.46. The summed E-state index contributed by atoms with van der Waals surface area (Å²) in [6.45, 7) is 4.59. The van der Waals surface area contributed by atoms with Crippen LogP contribution in [0.15, 0.2) is 27.6 Å². The van der Waals surface area contributed by atoms with Crippen molar-refractivity contribution in [3.63, 3.8) is 0 Å². The van der Waals surface area contributed by atoms with E-state index in [4.69, 9.17) is 9.40 Å². The fraction of sp³-hybridized carbons (Fsp3) is 0.450. The number of rotatable bonds is 6. The van der Waals surface area contributed by atoms with Crippen molar-refractivity contribution in [3.8, 4) is 0 Å². The summed E-state index contributed by atoms with van der Waals surface area (Å²) in [5.74, 6) is 2.24. The molecule has 4 rings (SSSR count). The minimum Gasteiger partial charge on any atom is -0.467 e. The Balaban J connectivity index is 1.43. The first-order chi connectivity index (χ1) is 13.5. The van der Waals surface area contributed by atoms with Gasteiger partial charge in [0.15, 0.2) is 0 Å². The van der Waals surface area contributed by atoms with Gasteiger partial charge in [0, 0.05) is 4.88 Å². The Bertz CT molecular complexity index is 1040. The number of nitrogens with one attached hydrogen (secondary N) is 2. The first-order valence-corrected chi connectivity index (χ1v) is 11.3. The molecule has 3 aromatic heterocycles. The van der Waals surface area contributed by atoms with E-state index in [1.54, 1.807) is 23.7 Å². The number of furan rings is 1. The molecule has 0 spiro atoms. The molecule has 2 unspecified atom stereocenters. The van der Waals surface area contributed by atoms with Gasteiger partial charge < -0.3 is 14.7 Å². The molecule has 8 heteroatoms. The van der Waals surface area contributed by atoms with Crippen LogP contribution in [0.2, 0.25) is 0 Å². The monoisotopic (exact) mass is 417 g/mol. The number of hydrogen-bond donors (Lipinski definition) is 2. The van der Waals surface area contributed by atoms with Crippen LogP contribution in [0.5, 0.6) is 0 Å². The van der Waals surface area contributed by atoms with Gasteiger partial charge in [-0.15, -0.1) is 23.1 Å². The molecule has 6 nitrogen and oxygen atoms in total. The molecule has 0 saturated carbocycles. The molecular formula is C20H23N3O3S2. The quantitative estimate of drug-likeness (QED) is 0.637. The van der Waals surface area contributed by atoms with Crippen LogP contribution < -0.4 is 10.9 Å². The average molecular weight is 418 g/mol. The number of aromatic nitrogens is 2. The predicted octanol–water partition coefficient (Wildman–Crippen LogP) is 3.81. The van der Waals surface area contributed by atoms with E-state index in [1.807, 2.05) is 13.0 Å². The third kappa shape index (κ3) is 4.03. The number of carbonyl (C=O) groups is 1. The number of hydrogen-bond acceptors (Lipinski definition) is 6. The van der Waals surface area contributed by atoms with Gasteiger partial charge in [0.1, 0.15) is 16.4 Å². The van der Waals surface area contributed by atoms with Gasteiger partial charge in [-0.25, -0.2) is 4.98 Å². The topological polar surface area (TPSA) is 88.0 Å². The van der Waals surface area contributed by atoms with Crippen LogP contribution in [0.3, 0.4) is 0 Å². The highest BCUT2D eigenvalue weighted by Gasteiger charge is 2.24. The van der Waals surface area contributed by atoms with Crippen LogP contribution in [0, 0.1) is 5.92 Å². The van der Waals surface area contributed by atoms with Gasteiger partial charge in [0.2, 0.25) is 5.91 Å². The minimum absolute atomic E-state index is 0.0539. The summed E-state index contributed by atoms with van der Waals surface area (Å²) < 4.78 is 5.20. The molecule has 1 aliphatic carbocycles. The van der Waals surface area contributed by atoms with Crippen molar-refractivity contribution in [1.29, 1.82) is 0 Å². The Labute approximate surface area is 171 Å². The molecule has 2 atom stereocenters. The highest BCUT2D eigenvalue weighted by atomic mass is 32.2. The fourth-order valence-electron chi connectivity index (χ4n) is 3.49. The molecule has 0 radical (unpaired) electrons. The van der Waals surface area contributed by atoms with Crippen molar-refractivity contribution in [2.45, 2.75) is 44.9 Å². The number of amides is 1. The zero-order valence-electron chi connectivity index (χ0n) is 15.9. The summed E-state index contributed by atoms with van der Waals surface area (Å²) in [6, 6.07) is 3.61. The molecule has 2 N–H and O–H groups in total. The second-order valence-corrected chi connectivity index (χ2v) is 9.71. The minimum atomic E-state index is -0.0792. The van der Waals surface area contributed by atoms with E-state index in [-0.39, 0.29) is 16.7 Å². The Hall–Kier alpha value is -2.06. The Kier molecular flexibility index (Phi) is 5.59. The molecule has 0 aromatic carbocycles. The predicted molar refractivity (Wildman–Crippen MR) is 113 cm³/mol. The third-order valence-corrected chi connectivity index (χ3v) is 7.37. The number of thioether (sulfide) groups is 1. The van der Waals surface area contributed by atoms with Gasteiger partial charge in [0.25, 0.3) is 5.56 Å². The molecular weight excluding hydrogens is 394 g/mol. The van der Waals surface area contributed by atoms with Gasteiger partial charge in [0.05, 0.1) is 29.2 Å². The standard InChI is InChI=1S/C20H23N3O3S2/c1-11-5-6-14-15(8-11)28-20-17(14)19(25)22-18(23-20)12(2)27-10-16(24)21-9-13-4-3-7-26-13/h3-4,7,11-12H,5-6,8-10H2,1-2H3,(H,21,24)(H,22,23,25). The van der Waals surface area contributed by atoms with E-state index in [2.05, 4.69) is 17.2 Å². The maximum absolute atomic E-state index is 12.7. The highest BCUT2D eigenvalue weighted by Crippen LogP contribution is 2.36. The van der Waals surface area contributed by atoms with E-state index in [9.17, 15) is 9.59 Å². The van der Waals surface area contributed by atoms with Crippen molar-refractivity contribution in [1.82, 2.24) is 15.3 Å². The Morgan fingerprint density at radius 2 is 2.39 bits per heavy atom. The van der Waals surface area contributed by atoms with Crippen LogP contribution in [0.4, 0.5) is 0 Å². The van der Waals surface area contributed by atoms with Crippen molar-refractivity contribution < 1.29 is 9.21 Å². The van der Waals surface area contributed by atoms with Gasteiger partial charge in [-0.3, -0.25) is 9.59 Å². The molecule has 0 fully saturated rings. The van der Waals surface area contributed by atoms with Gasteiger partial charge in [-0.1, -0.05) is 6.92 Å². The SMILES string of the molecule is CC1CCc2c(sc3nc(C(C)SCC(=O)NCc4ccco4)[nH]c(=O)c23)C1. The van der Waals surface area contributed by atoms with Crippen LogP contribution in [0.25, 0.3) is 10.2 Å². The van der Waals surface area contributed by atoms with Crippen molar-refractivity contribution in [2.75, 3.05) is 5.75 Å². The van der Waals surface area contributed by atoms with E-state index in [0.29, 0.717) is 24.0 Å². The second-order valence-electron chi connectivity index (χ2n) is 7.29. The van der Waals surface area contributed by atoms with E-state index in [1.165, 1.54) is 22.2 Å². The van der Waals surface area contributed by atoms with Gasteiger partial charge in [-0.05, 0) is 49.8 Å². The molecule has 148 valence electrons. The average Bonchev–Trinajstić information content (AvgIpc) is 3.31. The van der Waals surface area contributed by atoms with Crippen LogP contribution in [-0.2, 0) is 24.2 Å². The number of thiophene rings is 1. The van der Waals surface area contributed by atoms with Crippen LogP contribution >= 0.6 is 23.1 Å². The molecule has 0 bridgehead atoms. The normalized spacial score (nSPS) is 17.4. The molecule has 1 aliphatic rings. The summed E-state index contributed by atoms with van der Waals surface area (Å²) in [7, 11) is 0. The lowest BCUT2D eigenvalue weighted by molar-refractivity contribution is -0.118. The molecule has 0 aliphatic heterocycles. The molecule has 1 amide bonds. The van der Waals surface area contributed by atoms with Crippen molar-refractivity contribution >= 4 is 39.2 Å². The molecule has 3 aromatic rings. The zero-order valence-corrected chi connectivity index (χ0v) is 17.5. The Morgan fingerprint density at radius 3 is 3.18 bits per heavy atom. The maximum Gasteiger partial charge on any atom is 0.259 e. The number of nitrogens with zero attached hydrogens (tertiary/aromatic N) is 1. The summed E-state index contributed by atoms with van der Waals surface area (Å²) in [4.78, 5) is 34.6. The molecule has 28 heavy (non-hydrogen) atoms. The summed E-state index contributed by atoms with van der Waals surface area (Å²) in [5, 5.41) is 3.51. The lowest BCUT2D eigenvalue weighted by Gasteiger charge is -2.17. The number of aromatic amines is 1. The van der Waals surface area contributed by atoms with Gasteiger partial charge >= 0.3 is 0 Å². The third-order valence-electron chi connectivity index (χ3n) is 5.07. The number of aryl methyl sites for hydroxylation is 1. The number of carbonyl (C=O) groups excluding carboxylic acids is 1. The van der Waals surface area contributed by atoms with Crippen LogP contribution in [-0.4, -0.2) is 21.6 Å². The summed E-state index contributed by atoms with van der Waals surface area (Å²) in [5.41, 5.74) is 1.14. The summed E-state index contributed by atoms with van der Waals surface area (Å²) in [6.07, 6.45) is 4.70. The lowest BCUT2D eigenvalue weighted by Crippen LogP contribution is -2.24. The second kappa shape index (κ2) is 8.13. The van der Waals surface area contributed by atoms with Crippen molar-refractivity contribution in [3.05, 3.63) is 50.8 Å². The lowest BCUT2D eigenvalue weighted by atomic mass is 9.89. The van der Waals surface area contributed by atoms with E-state index >= 15 is 0 Å². The molecule has 3 heterocycles. The summed E-state index contributed by atoms with van der Waals surface area (Å²) >= 11 is 3.11. The number of H-pyrrole nitrogens is 1. The van der Waals surface area contributed by atoms with Crippen LogP contribution in [0.1, 0.15) is 47.5 Å². The Morgan fingerprint density at radius 1 is 1.54 bits per heavy atom. The highest BCUT2D eigenvalue weighted by molar-refractivity contribution is 8.00. The van der Waals surface area contributed by atoms with Gasteiger partial charge in [-0.2, -0.15) is 0 Å². The fourth-order valence-corrected chi connectivity index (χ4v) is 5.65. The van der Waals surface area contributed by atoms with E-state index in [0.717, 1.165) is 35.2 Å². The largest absolute Gasteiger partial charge is 0.467 e. The first kappa shape index (κ1) is 19.3. The molecule has 0 saturated heterocycles. The maximum atomic E-state index is 12.7. The zero-order chi connectivity index (χ0) is 19.7. The number of fused-ring (bicyclic) bond motifs is 3.